The Kier molecular flexibility index (Phi) is 2.61. The van der Waals surface area contributed by atoms with Crippen LogP contribution < -0.4 is 0 Å². The molecule has 1 rings (SSSR count). The zero-order valence-electron chi connectivity index (χ0n) is 6.08. The maximum Gasteiger partial charge on any atom is 0.263 e. The molecule has 0 atom stereocenters. The summed E-state index contributed by atoms with van der Waals surface area (Å²) in [5.41, 5.74) is 0.418. The number of nitrogens with zero attached hydrogens (tertiary/aromatic N) is 1. The molecule has 66 valence electrons. The summed E-state index contributed by atoms with van der Waals surface area (Å²) in [4.78, 5) is 3.57. The fourth-order valence-electron chi connectivity index (χ4n) is 0.728. The Morgan fingerprint density at radius 2 is 2.00 bits per heavy atom. The number of hydrogen-bond donors (Lipinski definition) is 0. The number of halogens is 2. The third-order valence-corrected chi connectivity index (χ3v) is 3.19. The van der Waals surface area contributed by atoms with Crippen molar-refractivity contribution in [2.45, 2.75) is 11.8 Å². The average molecular weight is 226 g/mol. The summed E-state index contributed by atoms with van der Waals surface area (Å²) in [6.45, 7) is 1.57. The summed E-state index contributed by atoms with van der Waals surface area (Å²) in [6, 6.07) is 0. The number of aromatic nitrogens is 1. The molecule has 0 N–H and O–H groups in total. The van der Waals surface area contributed by atoms with Gasteiger partial charge in [0.1, 0.15) is 4.90 Å². The van der Waals surface area contributed by atoms with Gasteiger partial charge in [0.25, 0.3) is 9.05 Å². The highest BCUT2D eigenvalue weighted by atomic mass is 35.7. The normalized spacial score (nSPS) is 11.6. The van der Waals surface area contributed by atoms with E-state index in [4.69, 9.17) is 22.3 Å². The maximum atomic E-state index is 10.9. The van der Waals surface area contributed by atoms with Crippen LogP contribution in [0.15, 0.2) is 17.3 Å². The van der Waals surface area contributed by atoms with Gasteiger partial charge in [0, 0.05) is 23.1 Å². The van der Waals surface area contributed by atoms with E-state index in [9.17, 15) is 8.42 Å². The smallest absolute Gasteiger partial charge is 0.262 e. The monoisotopic (exact) mass is 225 g/mol. The predicted molar refractivity (Wildman–Crippen MR) is 47.0 cm³/mol. The first kappa shape index (κ1) is 9.77. The molecule has 0 aliphatic heterocycles. The van der Waals surface area contributed by atoms with E-state index in [2.05, 4.69) is 4.98 Å². The third kappa shape index (κ3) is 1.88. The molecule has 0 spiro atoms. The van der Waals surface area contributed by atoms with Crippen molar-refractivity contribution in [3.8, 4) is 0 Å². The van der Waals surface area contributed by atoms with Gasteiger partial charge in [-0.3, -0.25) is 4.98 Å². The van der Waals surface area contributed by atoms with E-state index >= 15 is 0 Å². The van der Waals surface area contributed by atoms with Crippen molar-refractivity contribution < 1.29 is 8.42 Å². The van der Waals surface area contributed by atoms with Crippen molar-refractivity contribution in [1.29, 1.82) is 0 Å². The van der Waals surface area contributed by atoms with Gasteiger partial charge in [-0.15, -0.1) is 0 Å². The second kappa shape index (κ2) is 3.20. The molecule has 0 bridgehead atoms. The molecule has 1 heterocycles. The molecule has 12 heavy (non-hydrogen) atoms. The van der Waals surface area contributed by atoms with Crippen LogP contribution >= 0.6 is 22.3 Å². The minimum atomic E-state index is -3.73. The van der Waals surface area contributed by atoms with Gasteiger partial charge in [-0.25, -0.2) is 8.42 Å². The molecule has 0 amide bonds. The second-order valence-electron chi connectivity index (χ2n) is 2.18. The fraction of sp³-hybridized carbons (Fsp3) is 0.167. The summed E-state index contributed by atoms with van der Waals surface area (Å²) >= 11 is 5.63. The van der Waals surface area contributed by atoms with Crippen LogP contribution in [0.5, 0.6) is 0 Å². The third-order valence-electron chi connectivity index (χ3n) is 1.37. The molecule has 0 aliphatic carbocycles. The zero-order valence-corrected chi connectivity index (χ0v) is 8.41. The van der Waals surface area contributed by atoms with Crippen LogP contribution in [0.25, 0.3) is 0 Å². The molecule has 0 radical (unpaired) electrons. The van der Waals surface area contributed by atoms with Crippen LogP contribution in [0.2, 0.25) is 5.02 Å². The highest BCUT2D eigenvalue weighted by Crippen LogP contribution is 2.23. The van der Waals surface area contributed by atoms with Gasteiger partial charge in [0.2, 0.25) is 0 Å². The second-order valence-corrected chi connectivity index (χ2v) is 5.12. The predicted octanol–water partition coefficient (Wildman–Crippen LogP) is 1.97. The Labute approximate surface area is 79.8 Å². The van der Waals surface area contributed by atoms with Gasteiger partial charge in [-0.05, 0) is 12.5 Å². The minimum Gasteiger partial charge on any atom is -0.262 e. The van der Waals surface area contributed by atoms with Gasteiger partial charge >= 0.3 is 0 Å². The standard InChI is InChI=1S/C6H5Cl2NO2S/c1-4-5(7)2-9-3-6(4)12(8,10)11/h2-3H,1H3. The Hall–Kier alpha value is -0.320. The van der Waals surface area contributed by atoms with Gasteiger partial charge in [0.05, 0.1) is 5.02 Å². The Morgan fingerprint density at radius 3 is 2.42 bits per heavy atom. The van der Waals surface area contributed by atoms with Crippen molar-refractivity contribution >= 4 is 31.3 Å². The molecule has 0 saturated carbocycles. The van der Waals surface area contributed by atoms with E-state index in [1.165, 1.54) is 12.4 Å². The highest BCUT2D eigenvalue weighted by Gasteiger charge is 2.15. The summed E-state index contributed by atoms with van der Waals surface area (Å²) < 4.78 is 21.7. The Balaban J connectivity index is 3.47. The molecular formula is C6H5Cl2NO2S. The number of pyridine rings is 1. The lowest BCUT2D eigenvalue weighted by Gasteiger charge is -2.01. The quantitative estimate of drug-likeness (QED) is 0.687. The van der Waals surface area contributed by atoms with Crippen LogP contribution in [0, 0.1) is 6.92 Å². The Bertz CT molecular complexity index is 402. The SMILES string of the molecule is Cc1c(Cl)cncc1S(=O)(=O)Cl. The maximum absolute atomic E-state index is 10.9. The first-order valence-corrected chi connectivity index (χ1v) is 5.66. The molecule has 3 nitrogen and oxygen atoms in total. The molecular weight excluding hydrogens is 221 g/mol. The zero-order chi connectivity index (χ0) is 9.35. The van der Waals surface area contributed by atoms with E-state index in [-0.39, 0.29) is 9.92 Å². The summed E-state index contributed by atoms with van der Waals surface area (Å²) in [6.07, 6.45) is 2.53. The Morgan fingerprint density at radius 1 is 1.42 bits per heavy atom. The van der Waals surface area contributed by atoms with Crippen LogP contribution in [0.3, 0.4) is 0 Å². The van der Waals surface area contributed by atoms with Crippen molar-refractivity contribution in [2.75, 3.05) is 0 Å². The topological polar surface area (TPSA) is 47.0 Å². The molecule has 0 unspecified atom stereocenters. The minimum absolute atomic E-state index is 0.0448. The molecule has 0 saturated heterocycles. The van der Waals surface area contributed by atoms with Crippen LogP contribution in [-0.4, -0.2) is 13.4 Å². The molecule has 0 aliphatic rings. The average Bonchev–Trinajstić information content (AvgIpc) is 1.92. The van der Waals surface area contributed by atoms with Crippen molar-refractivity contribution in [3.63, 3.8) is 0 Å². The molecule has 6 heteroatoms. The first-order chi connectivity index (χ1) is 5.43. The molecule has 0 fully saturated rings. The lowest BCUT2D eigenvalue weighted by Crippen LogP contribution is -1.95. The molecule has 0 aromatic carbocycles. The van der Waals surface area contributed by atoms with Crippen LogP contribution in [-0.2, 0) is 9.05 Å². The van der Waals surface area contributed by atoms with E-state index in [0.29, 0.717) is 5.56 Å². The van der Waals surface area contributed by atoms with Crippen molar-refractivity contribution in [1.82, 2.24) is 4.98 Å². The van der Waals surface area contributed by atoms with Crippen LogP contribution in [0.1, 0.15) is 5.56 Å². The lowest BCUT2D eigenvalue weighted by atomic mass is 10.3. The van der Waals surface area contributed by atoms with Gasteiger partial charge in [0.15, 0.2) is 0 Å². The molecule has 1 aromatic heterocycles. The summed E-state index contributed by atoms with van der Waals surface area (Å²) in [7, 11) is 1.38. The lowest BCUT2D eigenvalue weighted by molar-refractivity contribution is 0.608. The van der Waals surface area contributed by atoms with Crippen LogP contribution in [0.4, 0.5) is 0 Å². The summed E-state index contributed by atoms with van der Waals surface area (Å²) in [5, 5.41) is 0.289. The van der Waals surface area contributed by atoms with Crippen molar-refractivity contribution in [3.05, 3.63) is 23.0 Å². The highest BCUT2D eigenvalue weighted by molar-refractivity contribution is 8.13. The van der Waals surface area contributed by atoms with Gasteiger partial charge in [-0.1, -0.05) is 11.6 Å². The van der Waals surface area contributed by atoms with Gasteiger partial charge in [-0.2, -0.15) is 0 Å². The first-order valence-electron chi connectivity index (χ1n) is 2.97. The number of rotatable bonds is 1. The van der Waals surface area contributed by atoms with Crippen molar-refractivity contribution in [2.24, 2.45) is 0 Å². The largest absolute Gasteiger partial charge is 0.263 e. The summed E-state index contributed by atoms with van der Waals surface area (Å²) in [5.74, 6) is 0. The molecule has 1 aromatic rings. The van der Waals surface area contributed by atoms with Gasteiger partial charge < -0.3 is 0 Å². The van der Waals surface area contributed by atoms with E-state index < -0.39 is 9.05 Å². The van der Waals surface area contributed by atoms with E-state index in [1.807, 2.05) is 0 Å². The van der Waals surface area contributed by atoms with E-state index in [1.54, 1.807) is 6.92 Å². The fourth-order valence-corrected chi connectivity index (χ4v) is 2.07. The number of hydrogen-bond acceptors (Lipinski definition) is 3. The van der Waals surface area contributed by atoms with E-state index in [0.717, 1.165) is 0 Å².